The minimum absolute atomic E-state index is 0.0110. The summed E-state index contributed by atoms with van der Waals surface area (Å²) in [6, 6.07) is 14.9. The molecule has 0 atom stereocenters. The zero-order valence-electron chi connectivity index (χ0n) is 13.6. The number of pyridine rings is 2. The quantitative estimate of drug-likeness (QED) is 0.724. The van der Waals surface area contributed by atoms with Gasteiger partial charge in [0.1, 0.15) is 12.1 Å². The molecule has 0 bridgehead atoms. The van der Waals surface area contributed by atoms with Crippen LogP contribution in [0.25, 0.3) is 24.3 Å². The molecule has 0 aromatic carbocycles. The van der Waals surface area contributed by atoms with Crippen LogP contribution in [-0.2, 0) is 0 Å². The molecular formula is C20H12N6. The van der Waals surface area contributed by atoms with E-state index in [2.05, 4.69) is 19.9 Å². The Bertz CT molecular complexity index is 955. The number of aromatic nitrogens is 4. The topological polar surface area (TPSA) is 99.1 Å². The third kappa shape index (κ3) is 4.02. The first-order chi connectivity index (χ1) is 12.8. The molecule has 6 heteroatoms. The van der Waals surface area contributed by atoms with Crippen molar-refractivity contribution in [3.8, 4) is 12.1 Å². The van der Waals surface area contributed by atoms with Crippen LogP contribution in [0.5, 0.6) is 0 Å². The van der Waals surface area contributed by atoms with Crippen LogP contribution in [0.2, 0.25) is 0 Å². The van der Waals surface area contributed by atoms with E-state index in [9.17, 15) is 10.5 Å². The second-order valence-corrected chi connectivity index (χ2v) is 5.09. The van der Waals surface area contributed by atoms with E-state index < -0.39 is 0 Å². The van der Waals surface area contributed by atoms with Crippen LogP contribution < -0.4 is 0 Å². The van der Waals surface area contributed by atoms with Crippen molar-refractivity contribution in [3.05, 3.63) is 83.0 Å². The summed E-state index contributed by atoms with van der Waals surface area (Å²) in [5.41, 5.74) is 2.41. The van der Waals surface area contributed by atoms with Crippen LogP contribution in [0.4, 0.5) is 0 Å². The molecule has 0 aliphatic carbocycles. The summed E-state index contributed by atoms with van der Waals surface area (Å²) >= 11 is 0. The van der Waals surface area contributed by atoms with Crippen LogP contribution >= 0.6 is 0 Å². The lowest BCUT2D eigenvalue weighted by molar-refractivity contribution is 1.10. The Morgan fingerprint density at radius 1 is 0.654 bits per heavy atom. The molecule has 3 heterocycles. The molecule has 0 N–H and O–H groups in total. The average Bonchev–Trinajstić information content (AvgIpc) is 2.72. The van der Waals surface area contributed by atoms with Gasteiger partial charge in [0.05, 0.1) is 22.8 Å². The van der Waals surface area contributed by atoms with E-state index in [0.29, 0.717) is 11.4 Å². The van der Waals surface area contributed by atoms with Crippen molar-refractivity contribution >= 4 is 24.3 Å². The Morgan fingerprint density at radius 2 is 1.12 bits per heavy atom. The smallest absolute Gasteiger partial charge is 0.177 e. The van der Waals surface area contributed by atoms with Gasteiger partial charge in [-0.3, -0.25) is 9.97 Å². The molecule has 3 aromatic rings. The van der Waals surface area contributed by atoms with Crippen LogP contribution in [-0.4, -0.2) is 19.9 Å². The molecule has 3 aromatic heterocycles. The first kappa shape index (κ1) is 16.7. The summed E-state index contributed by atoms with van der Waals surface area (Å²) in [4.78, 5) is 16.9. The number of nitriles is 2. The van der Waals surface area contributed by atoms with Gasteiger partial charge >= 0.3 is 0 Å². The molecule has 0 radical (unpaired) electrons. The zero-order valence-corrected chi connectivity index (χ0v) is 13.6. The molecule has 122 valence electrons. The van der Waals surface area contributed by atoms with Gasteiger partial charge in [0.25, 0.3) is 0 Å². The van der Waals surface area contributed by atoms with E-state index in [1.165, 1.54) is 0 Å². The van der Waals surface area contributed by atoms with Crippen LogP contribution in [0, 0.1) is 22.7 Å². The first-order valence-electron chi connectivity index (χ1n) is 7.70. The van der Waals surface area contributed by atoms with Crippen LogP contribution in [0.3, 0.4) is 0 Å². The highest BCUT2D eigenvalue weighted by atomic mass is 14.8. The van der Waals surface area contributed by atoms with E-state index in [1.807, 2.05) is 48.5 Å². The number of rotatable bonds is 4. The predicted molar refractivity (Wildman–Crippen MR) is 97.8 cm³/mol. The molecule has 0 saturated heterocycles. The fourth-order valence-electron chi connectivity index (χ4n) is 2.14. The van der Waals surface area contributed by atoms with Gasteiger partial charge in [0.15, 0.2) is 11.4 Å². The van der Waals surface area contributed by atoms with E-state index in [4.69, 9.17) is 0 Å². The summed E-state index contributed by atoms with van der Waals surface area (Å²) in [5.74, 6) is 0. The molecule has 26 heavy (non-hydrogen) atoms. The van der Waals surface area contributed by atoms with Crippen LogP contribution in [0.15, 0.2) is 48.8 Å². The average molecular weight is 336 g/mol. The summed E-state index contributed by atoms with van der Waals surface area (Å²) in [6.07, 6.45) is 10.4. The van der Waals surface area contributed by atoms with Gasteiger partial charge in [-0.1, -0.05) is 12.1 Å². The van der Waals surface area contributed by atoms with Crippen molar-refractivity contribution in [2.75, 3.05) is 0 Å². The van der Waals surface area contributed by atoms with Gasteiger partial charge in [0, 0.05) is 12.4 Å². The van der Waals surface area contributed by atoms with Crippen molar-refractivity contribution in [3.63, 3.8) is 0 Å². The molecule has 0 aliphatic heterocycles. The zero-order chi connectivity index (χ0) is 18.2. The van der Waals surface area contributed by atoms with Gasteiger partial charge in [0.2, 0.25) is 0 Å². The van der Waals surface area contributed by atoms with Crippen LogP contribution in [0.1, 0.15) is 34.2 Å². The molecular weight excluding hydrogens is 324 g/mol. The summed E-state index contributed by atoms with van der Waals surface area (Å²) in [5, 5.41) is 18.4. The lowest BCUT2D eigenvalue weighted by atomic mass is 10.2. The van der Waals surface area contributed by atoms with Gasteiger partial charge in [-0.25, -0.2) is 9.97 Å². The maximum atomic E-state index is 9.19. The largest absolute Gasteiger partial charge is 0.257 e. The number of nitrogens with zero attached hydrogens (tertiary/aromatic N) is 6. The maximum Gasteiger partial charge on any atom is 0.177 e. The lowest BCUT2D eigenvalue weighted by Gasteiger charge is -2.02. The Balaban J connectivity index is 2.03. The molecule has 0 amide bonds. The van der Waals surface area contributed by atoms with Crippen molar-refractivity contribution in [2.24, 2.45) is 0 Å². The second-order valence-electron chi connectivity index (χ2n) is 5.09. The van der Waals surface area contributed by atoms with Gasteiger partial charge in [-0.2, -0.15) is 10.5 Å². The SMILES string of the molecule is N#Cc1nc(/C=C/c2ccccn2)c(/C=C/c2ccccn2)nc1C#N. The van der Waals surface area contributed by atoms with Crippen molar-refractivity contribution in [1.82, 2.24) is 19.9 Å². The summed E-state index contributed by atoms with van der Waals surface area (Å²) < 4.78 is 0. The third-order valence-electron chi connectivity index (χ3n) is 3.36. The highest BCUT2D eigenvalue weighted by molar-refractivity contribution is 5.75. The Hall–Kier alpha value is -4.16. The normalized spacial score (nSPS) is 10.7. The molecule has 0 unspecified atom stereocenters. The minimum Gasteiger partial charge on any atom is -0.257 e. The Labute approximate surface area is 150 Å². The summed E-state index contributed by atoms with van der Waals surface area (Å²) in [6.45, 7) is 0. The Morgan fingerprint density at radius 3 is 1.46 bits per heavy atom. The molecule has 0 spiro atoms. The monoisotopic (exact) mass is 336 g/mol. The van der Waals surface area contributed by atoms with E-state index in [1.54, 1.807) is 36.7 Å². The summed E-state index contributed by atoms with van der Waals surface area (Å²) in [7, 11) is 0. The van der Waals surface area contributed by atoms with Crippen molar-refractivity contribution in [1.29, 1.82) is 10.5 Å². The third-order valence-corrected chi connectivity index (χ3v) is 3.36. The van der Waals surface area contributed by atoms with Crippen molar-refractivity contribution < 1.29 is 0 Å². The molecule has 0 saturated carbocycles. The van der Waals surface area contributed by atoms with Gasteiger partial charge < -0.3 is 0 Å². The van der Waals surface area contributed by atoms with E-state index in [0.717, 1.165) is 11.4 Å². The molecule has 0 aliphatic rings. The maximum absolute atomic E-state index is 9.19. The predicted octanol–water partition coefficient (Wildman–Crippen LogP) is 3.35. The minimum atomic E-state index is -0.0110. The Kier molecular flexibility index (Phi) is 5.19. The number of hydrogen-bond donors (Lipinski definition) is 0. The van der Waals surface area contributed by atoms with Gasteiger partial charge in [-0.15, -0.1) is 0 Å². The van der Waals surface area contributed by atoms with E-state index in [-0.39, 0.29) is 11.4 Å². The second kappa shape index (κ2) is 8.09. The highest BCUT2D eigenvalue weighted by Gasteiger charge is 2.10. The first-order valence-corrected chi connectivity index (χ1v) is 7.70. The van der Waals surface area contributed by atoms with E-state index >= 15 is 0 Å². The standard InChI is InChI=1S/C20H12N6/c21-13-19-20(14-22)26-18(10-8-16-6-2-4-12-24-16)17(25-19)9-7-15-5-1-3-11-23-15/h1-12H/b9-7+,10-8+. The molecule has 6 nitrogen and oxygen atoms in total. The number of hydrogen-bond acceptors (Lipinski definition) is 6. The fourth-order valence-corrected chi connectivity index (χ4v) is 2.14. The molecule has 0 fully saturated rings. The van der Waals surface area contributed by atoms with Crippen molar-refractivity contribution in [2.45, 2.75) is 0 Å². The lowest BCUT2D eigenvalue weighted by Crippen LogP contribution is -2.00. The van der Waals surface area contributed by atoms with Gasteiger partial charge in [-0.05, 0) is 48.6 Å². The highest BCUT2D eigenvalue weighted by Crippen LogP contribution is 2.15. The fraction of sp³-hybridized carbons (Fsp3) is 0. The molecule has 3 rings (SSSR count).